The number of Topliss-reactive ketones (excluding diaryl/α,β-unsaturated/α-hetero) is 1. The van der Waals surface area contributed by atoms with Crippen molar-refractivity contribution in [2.24, 2.45) is 0 Å². The number of ether oxygens (including phenoxy) is 1. The first-order chi connectivity index (χ1) is 9.34. The van der Waals surface area contributed by atoms with Gasteiger partial charge in [-0.1, -0.05) is 48.5 Å². The molecular formula is C17H18O2. The minimum Gasteiger partial charge on any atom is -0.486 e. The summed E-state index contributed by atoms with van der Waals surface area (Å²) in [5.41, 5.74) is 1.28. The van der Waals surface area contributed by atoms with E-state index in [4.69, 9.17) is 4.74 Å². The molecule has 19 heavy (non-hydrogen) atoms. The van der Waals surface area contributed by atoms with E-state index < -0.39 is 0 Å². The van der Waals surface area contributed by atoms with Crippen LogP contribution >= 0.6 is 0 Å². The summed E-state index contributed by atoms with van der Waals surface area (Å²) in [6, 6.07) is 19.7. The molecule has 0 atom stereocenters. The molecule has 2 aromatic carbocycles. The number of aryl methyl sites for hydroxylation is 1. The van der Waals surface area contributed by atoms with Crippen LogP contribution in [0.5, 0.6) is 5.75 Å². The summed E-state index contributed by atoms with van der Waals surface area (Å²) in [5.74, 6) is 0.902. The Morgan fingerprint density at radius 3 is 2.21 bits per heavy atom. The first-order valence-electron chi connectivity index (χ1n) is 6.58. The molecule has 0 aromatic heterocycles. The summed E-state index contributed by atoms with van der Waals surface area (Å²) < 4.78 is 5.42. The number of hydrogen-bond acceptors (Lipinski definition) is 2. The number of hydrogen-bond donors (Lipinski definition) is 0. The third kappa shape index (κ3) is 4.96. The number of benzene rings is 2. The SMILES string of the molecule is O=C(CCCc1ccccc1)COc1ccccc1. The first kappa shape index (κ1) is 13.3. The lowest BCUT2D eigenvalue weighted by molar-refractivity contribution is -0.121. The van der Waals surface area contributed by atoms with Crippen LogP contribution in [-0.2, 0) is 11.2 Å². The third-order valence-electron chi connectivity index (χ3n) is 2.91. The van der Waals surface area contributed by atoms with Gasteiger partial charge in [-0.15, -0.1) is 0 Å². The van der Waals surface area contributed by atoms with Gasteiger partial charge in [0.05, 0.1) is 0 Å². The average Bonchev–Trinajstić information content (AvgIpc) is 2.47. The van der Waals surface area contributed by atoms with Gasteiger partial charge in [0.1, 0.15) is 12.4 Å². The van der Waals surface area contributed by atoms with E-state index in [1.807, 2.05) is 48.5 Å². The zero-order valence-corrected chi connectivity index (χ0v) is 10.9. The van der Waals surface area contributed by atoms with Crippen molar-refractivity contribution in [1.82, 2.24) is 0 Å². The fraction of sp³-hybridized carbons (Fsp3) is 0.235. The highest BCUT2D eigenvalue weighted by Crippen LogP contribution is 2.09. The van der Waals surface area contributed by atoms with Crippen molar-refractivity contribution in [1.29, 1.82) is 0 Å². The van der Waals surface area contributed by atoms with E-state index in [9.17, 15) is 4.79 Å². The van der Waals surface area contributed by atoms with E-state index in [2.05, 4.69) is 12.1 Å². The molecule has 0 heterocycles. The van der Waals surface area contributed by atoms with Gasteiger partial charge in [-0.25, -0.2) is 0 Å². The lowest BCUT2D eigenvalue weighted by Gasteiger charge is -2.05. The van der Waals surface area contributed by atoms with E-state index in [1.54, 1.807) is 0 Å². The van der Waals surface area contributed by atoms with Crippen molar-refractivity contribution in [2.45, 2.75) is 19.3 Å². The van der Waals surface area contributed by atoms with E-state index in [-0.39, 0.29) is 12.4 Å². The molecule has 0 saturated heterocycles. The van der Waals surface area contributed by atoms with Gasteiger partial charge in [0, 0.05) is 6.42 Å². The minimum atomic E-state index is 0.153. The van der Waals surface area contributed by atoms with E-state index in [1.165, 1.54) is 5.56 Å². The van der Waals surface area contributed by atoms with Crippen molar-refractivity contribution in [3.05, 3.63) is 66.2 Å². The van der Waals surface area contributed by atoms with Crippen LogP contribution in [0.3, 0.4) is 0 Å². The van der Waals surface area contributed by atoms with Crippen molar-refractivity contribution in [2.75, 3.05) is 6.61 Å². The molecule has 0 N–H and O–H groups in total. The molecule has 0 spiro atoms. The van der Waals surface area contributed by atoms with E-state index in [0.717, 1.165) is 18.6 Å². The highest BCUT2D eigenvalue weighted by molar-refractivity contribution is 5.79. The van der Waals surface area contributed by atoms with Crippen LogP contribution < -0.4 is 4.74 Å². The lowest BCUT2D eigenvalue weighted by Crippen LogP contribution is -2.11. The van der Waals surface area contributed by atoms with Crippen molar-refractivity contribution < 1.29 is 9.53 Å². The Morgan fingerprint density at radius 1 is 0.895 bits per heavy atom. The summed E-state index contributed by atoms with van der Waals surface area (Å²) in [4.78, 5) is 11.7. The highest BCUT2D eigenvalue weighted by atomic mass is 16.5. The minimum absolute atomic E-state index is 0.153. The van der Waals surface area contributed by atoms with Crippen LogP contribution in [-0.4, -0.2) is 12.4 Å². The first-order valence-corrected chi connectivity index (χ1v) is 6.58. The Labute approximate surface area is 114 Å². The maximum Gasteiger partial charge on any atom is 0.170 e. The second-order valence-electron chi connectivity index (χ2n) is 4.48. The third-order valence-corrected chi connectivity index (χ3v) is 2.91. The van der Waals surface area contributed by atoms with Gasteiger partial charge in [0.25, 0.3) is 0 Å². The van der Waals surface area contributed by atoms with Gasteiger partial charge >= 0.3 is 0 Å². The van der Waals surface area contributed by atoms with Crippen LogP contribution in [0.25, 0.3) is 0 Å². The van der Waals surface area contributed by atoms with Gasteiger partial charge < -0.3 is 4.74 Å². The number of para-hydroxylation sites is 1. The number of carbonyl (C=O) groups excluding carboxylic acids is 1. The summed E-state index contributed by atoms with van der Waals surface area (Å²) in [6.45, 7) is 0.165. The summed E-state index contributed by atoms with van der Waals surface area (Å²) >= 11 is 0. The topological polar surface area (TPSA) is 26.3 Å². The maximum absolute atomic E-state index is 11.7. The molecule has 0 amide bonds. The smallest absolute Gasteiger partial charge is 0.170 e. The van der Waals surface area contributed by atoms with Crippen molar-refractivity contribution in [3.8, 4) is 5.75 Å². The summed E-state index contributed by atoms with van der Waals surface area (Å²) in [7, 11) is 0. The number of rotatable bonds is 7. The largest absolute Gasteiger partial charge is 0.486 e. The fourth-order valence-corrected chi connectivity index (χ4v) is 1.89. The Morgan fingerprint density at radius 2 is 1.53 bits per heavy atom. The second-order valence-corrected chi connectivity index (χ2v) is 4.48. The average molecular weight is 254 g/mol. The number of ketones is 1. The standard InChI is InChI=1S/C17H18O2/c18-16(14-19-17-12-5-2-6-13-17)11-7-10-15-8-3-1-4-9-15/h1-6,8-9,12-13H,7,10-11,14H2. The zero-order valence-electron chi connectivity index (χ0n) is 10.9. The molecule has 0 bridgehead atoms. The quantitative estimate of drug-likeness (QED) is 0.753. The van der Waals surface area contributed by atoms with Crippen molar-refractivity contribution >= 4 is 5.78 Å². The van der Waals surface area contributed by atoms with Crippen LogP contribution in [0.15, 0.2) is 60.7 Å². The predicted octanol–water partition coefficient (Wildman–Crippen LogP) is 3.66. The Bertz CT molecular complexity index is 491. The van der Waals surface area contributed by atoms with Crippen LogP contribution in [0.2, 0.25) is 0 Å². The summed E-state index contributed by atoms with van der Waals surface area (Å²) in [5, 5.41) is 0. The summed E-state index contributed by atoms with van der Waals surface area (Å²) in [6.07, 6.45) is 2.39. The molecule has 0 saturated carbocycles. The Hall–Kier alpha value is -2.09. The van der Waals surface area contributed by atoms with E-state index >= 15 is 0 Å². The second kappa shape index (κ2) is 7.37. The molecular weight excluding hydrogens is 236 g/mol. The molecule has 0 aliphatic heterocycles. The number of carbonyl (C=O) groups is 1. The van der Waals surface area contributed by atoms with Crippen LogP contribution in [0, 0.1) is 0 Å². The van der Waals surface area contributed by atoms with Gasteiger partial charge in [-0.3, -0.25) is 4.79 Å². The van der Waals surface area contributed by atoms with Crippen molar-refractivity contribution in [3.63, 3.8) is 0 Å². The van der Waals surface area contributed by atoms with Gasteiger partial charge in [0.2, 0.25) is 0 Å². The zero-order chi connectivity index (χ0) is 13.3. The molecule has 2 rings (SSSR count). The molecule has 0 aliphatic rings. The predicted molar refractivity (Wildman–Crippen MR) is 76.3 cm³/mol. The maximum atomic E-state index is 11.7. The molecule has 0 radical (unpaired) electrons. The lowest BCUT2D eigenvalue weighted by atomic mass is 10.1. The molecule has 98 valence electrons. The molecule has 0 unspecified atom stereocenters. The van der Waals surface area contributed by atoms with E-state index in [0.29, 0.717) is 6.42 Å². The van der Waals surface area contributed by atoms with Gasteiger partial charge in [-0.2, -0.15) is 0 Å². The Kier molecular flexibility index (Phi) is 5.17. The molecule has 0 aliphatic carbocycles. The highest BCUT2D eigenvalue weighted by Gasteiger charge is 2.03. The molecule has 0 fully saturated rings. The Balaban J connectivity index is 1.65. The van der Waals surface area contributed by atoms with Gasteiger partial charge in [0.15, 0.2) is 5.78 Å². The monoisotopic (exact) mass is 254 g/mol. The normalized spacial score (nSPS) is 10.1. The molecule has 2 aromatic rings. The van der Waals surface area contributed by atoms with Gasteiger partial charge in [-0.05, 0) is 30.5 Å². The fourth-order valence-electron chi connectivity index (χ4n) is 1.89. The molecule has 2 heteroatoms. The van der Waals surface area contributed by atoms with Crippen LogP contribution in [0.4, 0.5) is 0 Å². The van der Waals surface area contributed by atoms with Crippen LogP contribution in [0.1, 0.15) is 18.4 Å². The molecule has 2 nitrogen and oxygen atoms in total.